The number of fused-ring (bicyclic) bond motifs is 1. The van der Waals surface area contributed by atoms with Gasteiger partial charge in [0.2, 0.25) is 0 Å². The lowest BCUT2D eigenvalue weighted by molar-refractivity contribution is 0.478. The van der Waals surface area contributed by atoms with E-state index in [1.54, 1.807) is 0 Å². The van der Waals surface area contributed by atoms with E-state index in [1.165, 1.54) is 10.8 Å². The van der Waals surface area contributed by atoms with Crippen molar-refractivity contribution in [1.82, 2.24) is 0 Å². The van der Waals surface area contributed by atoms with Crippen LogP contribution in [0.5, 0.6) is 11.5 Å². The standard InChI is InChI=1S/C18H15O/c1-2-16-17-11-7-6-8-14(17)12-13-18(16)19-15-9-4-3-5-10-15/h3-13H,1-2H2. The highest BCUT2D eigenvalue weighted by Gasteiger charge is 2.07. The molecule has 0 amide bonds. The molecule has 3 aromatic rings. The Balaban J connectivity index is 2.08. The minimum Gasteiger partial charge on any atom is -0.457 e. The van der Waals surface area contributed by atoms with Gasteiger partial charge in [-0.15, -0.1) is 0 Å². The minimum absolute atomic E-state index is 0.712. The maximum absolute atomic E-state index is 5.97. The molecular formula is C18H15O. The Bertz CT molecular complexity index is 686. The van der Waals surface area contributed by atoms with Crippen LogP contribution in [0.2, 0.25) is 0 Å². The van der Waals surface area contributed by atoms with Gasteiger partial charge in [0.1, 0.15) is 11.5 Å². The van der Waals surface area contributed by atoms with Crippen LogP contribution in [0.4, 0.5) is 0 Å². The monoisotopic (exact) mass is 247 g/mol. The van der Waals surface area contributed by atoms with Gasteiger partial charge in [-0.2, -0.15) is 0 Å². The van der Waals surface area contributed by atoms with E-state index in [4.69, 9.17) is 4.74 Å². The topological polar surface area (TPSA) is 9.23 Å². The minimum atomic E-state index is 0.712. The van der Waals surface area contributed by atoms with Gasteiger partial charge in [-0.25, -0.2) is 0 Å². The molecular weight excluding hydrogens is 232 g/mol. The molecule has 1 nitrogen and oxygen atoms in total. The molecule has 0 N–H and O–H groups in total. The van der Waals surface area contributed by atoms with Crippen molar-refractivity contribution in [1.29, 1.82) is 0 Å². The summed E-state index contributed by atoms with van der Waals surface area (Å²) in [6.45, 7) is 4.03. The smallest absolute Gasteiger partial charge is 0.131 e. The van der Waals surface area contributed by atoms with Crippen LogP contribution in [-0.2, 0) is 6.42 Å². The molecule has 0 aliphatic carbocycles. The third kappa shape index (κ3) is 2.32. The van der Waals surface area contributed by atoms with Crippen molar-refractivity contribution in [3.63, 3.8) is 0 Å². The highest BCUT2D eigenvalue weighted by molar-refractivity contribution is 5.87. The van der Waals surface area contributed by atoms with Gasteiger partial charge in [0.15, 0.2) is 0 Å². The zero-order valence-corrected chi connectivity index (χ0v) is 10.7. The molecule has 0 fully saturated rings. The lowest BCUT2D eigenvalue weighted by Gasteiger charge is -2.12. The molecule has 0 aromatic heterocycles. The van der Waals surface area contributed by atoms with Crippen LogP contribution in [0.3, 0.4) is 0 Å². The van der Waals surface area contributed by atoms with E-state index in [9.17, 15) is 0 Å². The summed E-state index contributed by atoms with van der Waals surface area (Å²) >= 11 is 0. The summed E-state index contributed by atoms with van der Waals surface area (Å²) in [5, 5.41) is 2.44. The van der Waals surface area contributed by atoms with E-state index >= 15 is 0 Å². The van der Waals surface area contributed by atoms with Crippen LogP contribution in [0.25, 0.3) is 10.8 Å². The summed E-state index contributed by atoms with van der Waals surface area (Å²) in [5.74, 6) is 1.74. The molecule has 0 saturated carbocycles. The summed E-state index contributed by atoms with van der Waals surface area (Å²) in [5.41, 5.74) is 1.15. The second-order valence-corrected chi connectivity index (χ2v) is 4.43. The Morgan fingerprint density at radius 3 is 2.32 bits per heavy atom. The van der Waals surface area contributed by atoms with E-state index in [0.717, 1.165) is 17.1 Å². The Morgan fingerprint density at radius 2 is 1.53 bits per heavy atom. The largest absolute Gasteiger partial charge is 0.457 e. The molecule has 0 heterocycles. The molecule has 1 radical (unpaired) electrons. The van der Waals surface area contributed by atoms with Gasteiger partial charge in [-0.05, 0) is 42.3 Å². The average Bonchev–Trinajstić information content (AvgIpc) is 2.48. The predicted octanol–water partition coefficient (Wildman–Crippen LogP) is 5.01. The van der Waals surface area contributed by atoms with Crippen LogP contribution in [0, 0.1) is 6.92 Å². The van der Waals surface area contributed by atoms with Crippen molar-refractivity contribution in [2.45, 2.75) is 6.42 Å². The highest BCUT2D eigenvalue weighted by atomic mass is 16.5. The van der Waals surface area contributed by atoms with Crippen molar-refractivity contribution < 1.29 is 4.74 Å². The Hall–Kier alpha value is -2.28. The maximum atomic E-state index is 5.97. The van der Waals surface area contributed by atoms with Crippen molar-refractivity contribution >= 4 is 10.8 Å². The van der Waals surface area contributed by atoms with E-state index < -0.39 is 0 Å². The van der Waals surface area contributed by atoms with Crippen LogP contribution in [0.15, 0.2) is 66.7 Å². The molecule has 3 rings (SSSR count). The number of ether oxygens (including phenoxy) is 1. The number of hydrogen-bond donors (Lipinski definition) is 0. The second-order valence-electron chi connectivity index (χ2n) is 4.43. The fraction of sp³-hybridized carbons (Fsp3) is 0.0556. The molecule has 0 aliphatic rings. The SMILES string of the molecule is [CH2]Cc1c(Oc2ccccc2)ccc2ccccc12. The van der Waals surface area contributed by atoms with Gasteiger partial charge >= 0.3 is 0 Å². The average molecular weight is 247 g/mol. The summed E-state index contributed by atoms with van der Waals surface area (Å²) in [7, 11) is 0. The van der Waals surface area contributed by atoms with Gasteiger partial charge in [-0.3, -0.25) is 0 Å². The third-order valence-corrected chi connectivity index (χ3v) is 3.22. The number of rotatable bonds is 3. The van der Waals surface area contributed by atoms with Crippen molar-refractivity contribution in [3.8, 4) is 11.5 Å². The molecule has 3 aromatic carbocycles. The van der Waals surface area contributed by atoms with Crippen LogP contribution in [-0.4, -0.2) is 0 Å². The Morgan fingerprint density at radius 1 is 0.789 bits per heavy atom. The van der Waals surface area contributed by atoms with E-state index in [-0.39, 0.29) is 0 Å². The van der Waals surface area contributed by atoms with E-state index in [1.807, 2.05) is 48.5 Å². The number of benzene rings is 3. The molecule has 0 aliphatic heterocycles. The fourth-order valence-corrected chi connectivity index (χ4v) is 2.28. The Labute approximate surface area is 113 Å². The number of hydrogen-bond acceptors (Lipinski definition) is 1. The molecule has 0 atom stereocenters. The van der Waals surface area contributed by atoms with E-state index in [2.05, 4.69) is 25.1 Å². The van der Waals surface area contributed by atoms with Crippen LogP contribution < -0.4 is 4.74 Å². The predicted molar refractivity (Wildman–Crippen MR) is 79.5 cm³/mol. The van der Waals surface area contributed by atoms with Gasteiger partial charge in [0.25, 0.3) is 0 Å². The van der Waals surface area contributed by atoms with Crippen molar-refractivity contribution in [3.05, 3.63) is 79.2 Å². The normalized spacial score (nSPS) is 10.6. The molecule has 1 heteroatoms. The lowest BCUT2D eigenvalue weighted by atomic mass is 10.0. The first-order valence-electron chi connectivity index (χ1n) is 6.41. The molecule has 0 saturated heterocycles. The van der Waals surface area contributed by atoms with Gasteiger partial charge in [0, 0.05) is 5.56 Å². The number of para-hydroxylation sites is 1. The van der Waals surface area contributed by atoms with Gasteiger partial charge < -0.3 is 4.74 Å². The second kappa shape index (κ2) is 5.15. The quantitative estimate of drug-likeness (QED) is 0.632. The molecule has 93 valence electrons. The first kappa shape index (κ1) is 11.8. The summed E-state index contributed by atoms with van der Waals surface area (Å²) in [6, 6.07) is 22.3. The fourth-order valence-electron chi connectivity index (χ4n) is 2.28. The highest BCUT2D eigenvalue weighted by Crippen LogP contribution is 2.31. The molecule has 19 heavy (non-hydrogen) atoms. The lowest BCUT2D eigenvalue weighted by Crippen LogP contribution is -1.92. The summed E-state index contributed by atoms with van der Waals surface area (Å²) in [6.07, 6.45) is 0.712. The first-order chi connectivity index (χ1) is 9.38. The summed E-state index contributed by atoms with van der Waals surface area (Å²) < 4.78 is 5.97. The molecule has 0 bridgehead atoms. The molecule has 0 unspecified atom stereocenters. The van der Waals surface area contributed by atoms with Crippen LogP contribution in [0.1, 0.15) is 5.56 Å². The molecule has 0 spiro atoms. The Kier molecular flexibility index (Phi) is 3.20. The first-order valence-corrected chi connectivity index (χ1v) is 6.41. The van der Waals surface area contributed by atoms with Gasteiger partial charge in [-0.1, -0.05) is 48.5 Å². The zero-order valence-electron chi connectivity index (χ0n) is 10.7. The van der Waals surface area contributed by atoms with Crippen molar-refractivity contribution in [2.75, 3.05) is 0 Å². The third-order valence-electron chi connectivity index (χ3n) is 3.22. The van der Waals surface area contributed by atoms with Gasteiger partial charge in [0.05, 0.1) is 0 Å². The zero-order chi connectivity index (χ0) is 13.1. The summed E-state index contributed by atoms with van der Waals surface area (Å²) in [4.78, 5) is 0. The maximum Gasteiger partial charge on any atom is 0.131 e. The van der Waals surface area contributed by atoms with E-state index in [0.29, 0.717) is 6.42 Å². The van der Waals surface area contributed by atoms with Crippen molar-refractivity contribution in [2.24, 2.45) is 0 Å². The van der Waals surface area contributed by atoms with Crippen LogP contribution >= 0.6 is 0 Å².